The van der Waals surface area contributed by atoms with E-state index in [2.05, 4.69) is 10.0 Å². The largest absolute Gasteiger partial charge is 0.484 e. The summed E-state index contributed by atoms with van der Waals surface area (Å²) in [6.45, 7) is 1.69. The van der Waals surface area contributed by atoms with Crippen molar-refractivity contribution >= 4 is 33.4 Å². The van der Waals surface area contributed by atoms with Gasteiger partial charge in [0.15, 0.2) is 6.61 Å². The highest BCUT2D eigenvalue weighted by molar-refractivity contribution is 7.98. The highest BCUT2D eigenvalue weighted by atomic mass is 32.2. The third kappa shape index (κ3) is 6.48. The number of hydrogen-bond acceptors (Lipinski definition) is 5. The summed E-state index contributed by atoms with van der Waals surface area (Å²) in [5, 5.41) is 2.87. The Kier molecular flexibility index (Phi) is 7.76. The van der Waals surface area contributed by atoms with Crippen LogP contribution >= 0.6 is 11.8 Å². The molecular weight excluding hydrogens is 451 g/mol. The first-order chi connectivity index (χ1) is 15.3. The van der Waals surface area contributed by atoms with E-state index in [4.69, 9.17) is 4.74 Å². The zero-order valence-corrected chi connectivity index (χ0v) is 19.2. The summed E-state index contributed by atoms with van der Waals surface area (Å²) in [6.07, 6.45) is 2.00. The lowest BCUT2D eigenvalue weighted by Crippen LogP contribution is -2.31. The molecule has 32 heavy (non-hydrogen) atoms. The van der Waals surface area contributed by atoms with Gasteiger partial charge in [0.25, 0.3) is 15.9 Å². The maximum Gasteiger partial charge on any atom is 0.261 e. The molecule has 0 aliphatic heterocycles. The van der Waals surface area contributed by atoms with Gasteiger partial charge in [-0.2, -0.15) is 0 Å². The number of nitrogens with one attached hydrogen (secondary N) is 2. The Morgan fingerprint density at radius 3 is 2.22 bits per heavy atom. The van der Waals surface area contributed by atoms with Crippen molar-refractivity contribution in [3.05, 3.63) is 84.2 Å². The molecule has 0 aliphatic carbocycles. The van der Waals surface area contributed by atoms with Gasteiger partial charge in [-0.25, -0.2) is 12.8 Å². The van der Waals surface area contributed by atoms with Gasteiger partial charge in [0, 0.05) is 10.6 Å². The van der Waals surface area contributed by atoms with E-state index >= 15 is 0 Å². The second-order valence-corrected chi connectivity index (χ2v) is 9.50. The number of benzene rings is 3. The summed E-state index contributed by atoms with van der Waals surface area (Å²) >= 11 is 1.65. The monoisotopic (exact) mass is 474 g/mol. The maximum atomic E-state index is 13.0. The smallest absolute Gasteiger partial charge is 0.261 e. The Hall–Kier alpha value is -3.04. The van der Waals surface area contributed by atoms with E-state index in [1.54, 1.807) is 11.8 Å². The Morgan fingerprint density at radius 2 is 1.62 bits per heavy atom. The second kappa shape index (κ2) is 10.5. The first kappa shape index (κ1) is 23.6. The molecule has 0 aromatic heterocycles. The van der Waals surface area contributed by atoms with Gasteiger partial charge in [-0.05, 0) is 79.4 Å². The fourth-order valence-electron chi connectivity index (χ4n) is 2.85. The first-order valence-corrected chi connectivity index (χ1v) is 12.4. The molecule has 0 saturated heterocycles. The maximum absolute atomic E-state index is 13.0. The third-order valence-corrected chi connectivity index (χ3v) is 6.73. The molecule has 0 bridgehead atoms. The van der Waals surface area contributed by atoms with Crippen LogP contribution in [-0.4, -0.2) is 27.2 Å². The molecule has 168 valence electrons. The van der Waals surface area contributed by atoms with Crippen LogP contribution in [0.1, 0.15) is 18.5 Å². The highest BCUT2D eigenvalue weighted by Gasteiger charge is 2.15. The molecule has 9 heteroatoms. The molecule has 2 N–H and O–H groups in total. The summed E-state index contributed by atoms with van der Waals surface area (Å²) in [7, 11) is -3.83. The van der Waals surface area contributed by atoms with Gasteiger partial charge in [0.1, 0.15) is 11.6 Å². The molecule has 0 spiro atoms. The number of carbonyl (C=O) groups is 1. The number of thioether (sulfide) groups is 1. The summed E-state index contributed by atoms with van der Waals surface area (Å²) in [4.78, 5) is 13.4. The normalized spacial score (nSPS) is 12.1. The Balaban J connectivity index is 1.53. The third-order valence-electron chi connectivity index (χ3n) is 4.59. The predicted molar refractivity (Wildman–Crippen MR) is 124 cm³/mol. The van der Waals surface area contributed by atoms with Crippen molar-refractivity contribution in [3.8, 4) is 5.75 Å². The zero-order valence-electron chi connectivity index (χ0n) is 17.5. The molecule has 0 aliphatic rings. The number of sulfonamides is 1. The Morgan fingerprint density at radius 1 is 1.00 bits per heavy atom. The Labute approximate surface area is 191 Å². The lowest BCUT2D eigenvalue weighted by atomic mass is 10.1. The first-order valence-electron chi connectivity index (χ1n) is 9.71. The second-order valence-electron chi connectivity index (χ2n) is 6.93. The van der Waals surface area contributed by atoms with Crippen LogP contribution in [0.4, 0.5) is 10.1 Å². The lowest BCUT2D eigenvalue weighted by Gasteiger charge is -2.15. The van der Waals surface area contributed by atoms with Crippen LogP contribution in [0, 0.1) is 5.82 Å². The van der Waals surface area contributed by atoms with Gasteiger partial charge in [0.2, 0.25) is 0 Å². The van der Waals surface area contributed by atoms with Crippen molar-refractivity contribution < 1.29 is 22.3 Å². The van der Waals surface area contributed by atoms with E-state index in [-0.39, 0.29) is 29.1 Å². The van der Waals surface area contributed by atoms with E-state index in [1.807, 2.05) is 37.4 Å². The van der Waals surface area contributed by atoms with E-state index in [0.717, 1.165) is 10.5 Å². The van der Waals surface area contributed by atoms with Gasteiger partial charge in [-0.3, -0.25) is 9.52 Å². The van der Waals surface area contributed by atoms with Crippen LogP contribution in [0.3, 0.4) is 0 Å². The number of hydrogen-bond donors (Lipinski definition) is 2. The predicted octanol–water partition coefficient (Wildman–Crippen LogP) is 4.60. The number of amides is 1. The van der Waals surface area contributed by atoms with E-state index < -0.39 is 15.8 Å². The standard InChI is InChI=1S/C23H23FN2O4S2/c1-16(17-3-11-21(31-2)12-4-17)25-23(27)15-30-20-9-13-22(14-10-20)32(28,29)26-19-7-5-18(24)6-8-19/h3-14,16,26H,15H2,1-2H3,(H,25,27). The van der Waals surface area contributed by atoms with Crippen molar-refractivity contribution in [1.29, 1.82) is 0 Å². The average molecular weight is 475 g/mol. The molecule has 3 aromatic rings. The minimum absolute atomic E-state index is 0.0148. The molecule has 0 fully saturated rings. The molecule has 0 saturated carbocycles. The number of halogens is 1. The SMILES string of the molecule is CSc1ccc(C(C)NC(=O)COc2ccc(S(=O)(=O)Nc3ccc(F)cc3)cc2)cc1. The quantitative estimate of drug-likeness (QED) is 0.443. The number of rotatable bonds is 9. The number of carbonyl (C=O) groups excluding carboxylic acids is 1. The summed E-state index contributed by atoms with van der Waals surface area (Å²) < 4.78 is 45.7. The average Bonchev–Trinajstić information content (AvgIpc) is 2.79. The molecule has 1 amide bonds. The number of anilines is 1. The van der Waals surface area contributed by atoms with Crippen LogP contribution in [0.25, 0.3) is 0 Å². The van der Waals surface area contributed by atoms with Crippen molar-refractivity contribution in [2.45, 2.75) is 22.8 Å². The van der Waals surface area contributed by atoms with Gasteiger partial charge in [0.05, 0.1) is 10.9 Å². The minimum Gasteiger partial charge on any atom is -0.484 e. The zero-order chi connectivity index (χ0) is 23.1. The van der Waals surface area contributed by atoms with Crippen LogP contribution in [0.15, 0.2) is 82.6 Å². The summed E-state index contributed by atoms with van der Waals surface area (Å²) in [5.74, 6) is -0.389. The van der Waals surface area contributed by atoms with Crippen molar-refractivity contribution in [2.75, 3.05) is 17.6 Å². The molecule has 1 unspecified atom stereocenters. The lowest BCUT2D eigenvalue weighted by molar-refractivity contribution is -0.123. The fraction of sp³-hybridized carbons (Fsp3) is 0.174. The number of ether oxygens (including phenoxy) is 1. The molecule has 1 atom stereocenters. The van der Waals surface area contributed by atoms with E-state index in [0.29, 0.717) is 5.75 Å². The van der Waals surface area contributed by atoms with Gasteiger partial charge in [-0.1, -0.05) is 12.1 Å². The summed E-state index contributed by atoms with van der Waals surface area (Å²) in [6, 6.07) is 18.4. The van der Waals surface area contributed by atoms with Gasteiger partial charge in [-0.15, -0.1) is 11.8 Å². The van der Waals surface area contributed by atoms with Crippen LogP contribution in [0.5, 0.6) is 5.75 Å². The fourth-order valence-corrected chi connectivity index (χ4v) is 4.32. The minimum atomic E-state index is -3.83. The van der Waals surface area contributed by atoms with Gasteiger partial charge >= 0.3 is 0 Å². The molecule has 3 rings (SSSR count). The topological polar surface area (TPSA) is 84.5 Å². The van der Waals surface area contributed by atoms with Gasteiger partial charge < -0.3 is 10.1 Å². The van der Waals surface area contributed by atoms with E-state index in [1.165, 1.54) is 48.5 Å². The summed E-state index contributed by atoms with van der Waals surface area (Å²) in [5.41, 5.74) is 1.24. The van der Waals surface area contributed by atoms with Crippen molar-refractivity contribution in [2.24, 2.45) is 0 Å². The van der Waals surface area contributed by atoms with Crippen LogP contribution < -0.4 is 14.8 Å². The Bertz CT molecular complexity index is 1150. The van der Waals surface area contributed by atoms with E-state index in [9.17, 15) is 17.6 Å². The molecule has 0 radical (unpaired) electrons. The molecule has 0 heterocycles. The van der Waals surface area contributed by atoms with Crippen molar-refractivity contribution in [1.82, 2.24) is 5.32 Å². The van der Waals surface area contributed by atoms with Crippen LogP contribution in [-0.2, 0) is 14.8 Å². The van der Waals surface area contributed by atoms with Crippen molar-refractivity contribution in [3.63, 3.8) is 0 Å². The molecule has 3 aromatic carbocycles. The molecule has 6 nitrogen and oxygen atoms in total. The highest BCUT2D eigenvalue weighted by Crippen LogP contribution is 2.21. The van der Waals surface area contributed by atoms with Crippen LogP contribution in [0.2, 0.25) is 0 Å². The molecular formula is C23H23FN2O4S2.